The molecule has 0 aliphatic heterocycles. The summed E-state index contributed by atoms with van der Waals surface area (Å²) < 4.78 is 27.5. The molecule has 1 heterocycles. The fraction of sp³-hybridized carbons (Fsp3) is 0.733. The molecule has 6 heteroatoms. The van der Waals surface area contributed by atoms with Gasteiger partial charge in [0.05, 0.1) is 0 Å². The third-order valence-electron chi connectivity index (χ3n) is 3.21. The van der Waals surface area contributed by atoms with Crippen LogP contribution in [0, 0.1) is 6.92 Å². The average molecular weight is 333 g/mol. The number of hydrogen-bond acceptors (Lipinski definition) is 4. The molecule has 0 bridgehead atoms. The van der Waals surface area contributed by atoms with Gasteiger partial charge in [0.15, 0.2) is 0 Å². The third kappa shape index (κ3) is 5.06. The second-order valence-electron chi connectivity index (χ2n) is 5.61. The highest BCUT2D eigenvalue weighted by Crippen LogP contribution is 2.28. The number of sulfonamides is 1. The van der Waals surface area contributed by atoms with Gasteiger partial charge < -0.3 is 5.32 Å². The van der Waals surface area contributed by atoms with E-state index in [9.17, 15) is 8.42 Å². The molecule has 0 spiro atoms. The first-order valence-electron chi connectivity index (χ1n) is 7.65. The molecule has 1 aromatic heterocycles. The van der Waals surface area contributed by atoms with Crippen molar-refractivity contribution in [1.29, 1.82) is 0 Å². The van der Waals surface area contributed by atoms with Crippen LogP contribution in [-0.4, -0.2) is 31.9 Å². The van der Waals surface area contributed by atoms with Crippen LogP contribution in [0.5, 0.6) is 0 Å². The summed E-state index contributed by atoms with van der Waals surface area (Å²) in [4.78, 5) is 1.11. The smallest absolute Gasteiger partial charge is 0.252 e. The maximum absolute atomic E-state index is 12.7. The van der Waals surface area contributed by atoms with Crippen LogP contribution in [0.4, 0.5) is 0 Å². The highest BCUT2D eigenvalue weighted by atomic mass is 32.2. The molecule has 0 unspecified atom stereocenters. The van der Waals surface area contributed by atoms with E-state index in [-0.39, 0.29) is 0 Å². The predicted octanol–water partition coefficient (Wildman–Crippen LogP) is 3.37. The van der Waals surface area contributed by atoms with Crippen LogP contribution in [0.15, 0.2) is 10.3 Å². The van der Waals surface area contributed by atoms with Gasteiger partial charge in [0.1, 0.15) is 4.21 Å². The first kappa shape index (κ1) is 18.6. The van der Waals surface area contributed by atoms with Gasteiger partial charge in [0.25, 0.3) is 10.0 Å². The lowest BCUT2D eigenvalue weighted by Gasteiger charge is -2.19. The Morgan fingerprint density at radius 1 is 1.24 bits per heavy atom. The van der Waals surface area contributed by atoms with Crippen LogP contribution in [0.25, 0.3) is 0 Å². The minimum atomic E-state index is -3.34. The van der Waals surface area contributed by atoms with Gasteiger partial charge in [0.2, 0.25) is 0 Å². The minimum absolute atomic E-state index is 0.392. The fourth-order valence-corrected chi connectivity index (χ4v) is 5.39. The third-order valence-corrected chi connectivity index (χ3v) is 6.79. The quantitative estimate of drug-likeness (QED) is 0.754. The molecule has 0 saturated carbocycles. The highest BCUT2D eigenvalue weighted by molar-refractivity contribution is 7.91. The van der Waals surface area contributed by atoms with Crippen LogP contribution >= 0.6 is 11.3 Å². The van der Waals surface area contributed by atoms with Crippen LogP contribution in [0.1, 0.15) is 51.0 Å². The molecule has 1 N–H and O–H groups in total. The summed E-state index contributed by atoms with van der Waals surface area (Å²) in [6, 6.07) is 2.21. The Kier molecular flexibility index (Phi) is 7.33. The van der Waals surface area contributed by atoms with Crippen molar-refractivity contribution >= 4 is 21.4 Å². The Morgan fingerprint density at radius 2 is 1.81 bits per heavy atom. The molecule has 122 valence electrons. The zero-order valence-corrected chi connectivity index (χ0v) is 15.4. The van der Waals surface area contributed by atoms with Gasteiger partial charge in [-0.15, -0.1) is 11.3 Å². The van der Waals surface area contributed by atoms with Gasteiger partial charge in [-0.05, 0) is 31.4 Å². The number of rotatable bonds is 9. The Hall–Kier alpha value is -0.430. The van der Waals surface area contributed by atoms with Crippen LogP contribution in [-0.2, 0) is 16.6 Å². The maximum Gasteiger partial charge on any atom is 0.252 e. The van der Waals surface area contributed by atoms with Crippen molar-refractivity contribution in [2.75, 3.05) is 13.1 Å². The summed E-state index contributed by atoms with van der Waals surface area (Å²) in [5, 5.41) is 3.35. The Labute approximate surface area is 133 Å². The summed E-state index contributed by atoms with van der Waals surface area (Å²) in [6.07, 6.45) is 1.68. The number of aryl methyl sites for hydroxylation is 1. The van der Waals surface area contributed by atoms with Gasteiger partial charge >= 0.3 is 0 Å². The van der Waals surface area contributed by atoms with E-state index < -0.39 is 10.0 Å². The van der Waals surface area contributed by atoms with Crippen molar-refractivity contribution in [3.05, 3.63) is 16.5 Å². The van der Waals surface area contributed by atoms with E-state index >= 15 is 0 Å². The maximum atomic E-state index is 12.7. The summed E-state index contributed by atoms with van der Waals surface area (Å²) in [5.41, 5.74) is 1.06. The zero-order chi connectivity index (χ0) is 16.0. The summed E-state index contributed by atoms with van der Waals surface area (Å²) in [5.74, 6) is 0. The van der Waals surface area contributed by atoms with Crippen molar-refractivity contribution in [3.8, 4) is 0 Å². The molecule has 1 aromatic rings. The van der Waals surface area contributed by atoms with Gasteiger partial charge in [-0.25, -0.2) is 8.42 Å². The molecule has 1 rings (SSSR count). The van der Waals surface area contributed by atoms with Crippen molar-refractivity contribution in [2.45, 2.75) is 64.3 Å². The molecule has 0 aromatic carbocycles. The van der Waals surface area contributed by atoms with Crippen molar-refractivity contribution < 1.29 is 8.42 Å². The number of nitrogens with one attached hydrogen (secondary N) is 1. The molecular weight excluding hydrogens is 304 g/mol. The Balaban J connectivity index is 2.99. The molecule has 0 saturated heterocycles. The normalized spacial score (nSPS) is 12.5. The van der Waals surface area contributed by atoms with Crippen LogP contribution in [0.3, 0.4) is 0 Å². The van der Waals surface area contributed by atoms with Gasteiger partial charge in [0, 0.05) is 30.6 Å². The summed E-state index contributed by atoms with van der Waals surface area (Å²) in [6.45, 7) is 12.1. The molecule has 0 fully saturated rings. The monoisotopic (exact) mass is 332 g/mol. The number of hydrogen-bond donors (Lipinski definition) is 1. The van der Waals surface area contributed by atoms with Crippen molar-refractivity contribution in [3.63, 3.8) is 0 Å². The Bertz CT molecular complexity index is 530. The van der Waals surface area contributed by atoms with E-state index in [1.165, 1.54) is 11.3 Å². The van der Waals surface area contributed by atoms with E-state index in [1.54, 1.807) is 4.31 Å². The van der Waals surface area contributed by atoms with Crippen molar-refractivity contribution in [1.82, 2.24) is 9.62 Å². The molecular formula is C15H28N2O2S2. The molecule has 0 amide bonds. The summed E-state index contributed by atoms with van der Waals surface area (Å²) in [7, 11) is -3.34. The molecule has 0 aliphatic rings. The number of nitrogens with zero attached hydrogens (tertiary/aromatic N) is 1. The molecule has 21 heavy (non-hydrogen) atoms. The Morgan fingerprint density at radius 3 is 2.29 bits per heavy atom. The van der Waals surface area contributed by atoms with Gasteiger partial charge in [-0.3, -0.25) is 0 Å². The van der Waals surface area contributed by atoms with Crippen molar-refractivity contribution in [2.24, 2.45) is 0 Å². The van der Waals surface area contributed by atoms with E-state index in [0.29, 0.717) is 23.3 Å². The average Bonchev–Trinajstić information content (AvgIpc) is 2.78. The van der Waals surface area contributed by atoms with E-state index in [1.807, 2.05) is 26.8 Å². The SMILES string of the molecule is CCCN(CCC)S(=O)(=O)c1cc(C)c(CNC(C)C)s1. The minimum Gasteiger partial charge on any atom is -0.310 e. The summed E-state index contributed by atoms with van der Waals surface area (Å²) >= 11 is 1.40. The molecule has 4 nitrogen and oxygen atoms in total. The second-order valence-corrected chi connectivity index (χ2v) is 8.91. The standard InChI is InChI=1S/C15H28N2O2S2/c1-6-8-17(9-7-2)21(18,19)15-10-13(5)14(20-15)11-16-12(3)4/h10,12,16H,6-9,11H2,1-5H3. The van der Waals surface area contributed by atoms with E-state index in [4.69, 9.17) is 0 Å². The zero-order valence-electron chi connectivity index (χ0n) is 13.8. The van der Waals surface area contributed by atoms with Crippen LogP contribution < -0.4 is 5.32 Å². The highest BCUT2D eigenvalue weighted by Gasteiger charge is 2.25. The fourth-order valence-electron chi connectivity index (χ4n) is 2.07. The molecule has 0 atom stereocenters. The molecule has 0 radical (unpaired) electrons. The van der Waals surface area contributed by atoms with Gasteiger partial charge in [-0.2, -0.15) is 4.31 Å². The topological polar surface area (TPSA) is 49.4 Å². The second kappa shape index (κ2) is 8.27. The number of thiophene rings is 1. The largest absolute Gasteiger partial charge is 0.310 e. The van der Waals surface area contributed by atoms with E-state index in [0.717, 1.165) is 29.8 Å². The lowest BCUT2D eigenvalue weighted by Crippen LogP contribution is -2.32. The predicted molar refractivity (Wildman–Crippen MR) is 90.4 cm³/mol. The first-order valence-corrected chi connectivity index (χ1v) is 9.91. The molecule has 0 aliphatic carbocycles. The van der Waals surface area contributed by atoms with Crippen LogP contribution in [0.2, 0.25) is 0 Å². The van der Waals surface area contributed by atoms with E-state index in [2.05, 4.69) is 19.2 Å². The van der Waals surface area contributed by atoms with Gasteiger partial charge in [-0.1, -0.05) is 27.7 Å². The first-order chi connectivity index (χ1) is 9.82. The lowest BCUT2D eigenvalue weighted by molar-refractivity contribution is 0.411. The lowest BCUT2D eigenvalue weighted by atomic mass is 10.3.